The number of aliphatic hydroxyl groups is 2. The van der Waals surface area contributed by atoms with E-state index in [2.05, 4.69) is 18.7 Å². The quantitative estimate of drug-likeness (QED) is 0.0300. The molecule has 0 saturated carbocycles. The van der Waals surface area contributed by atoms with Gasteiger partial charge in [-0.05, 0) is 70.1 Å². The monoisotopic (exact) mass is 763 g/mol. The summed E-state index contributed by atoms with van der Waals surface area (Å²) in [5, 5.41) is 21.9. The van der Waals surface area contributed by atoms with Crippen LogP contribution in [0.5, 0.6) is 17.2 Å². The van der Waals surface area contributed by atoms with E-state index >= 15 is 0 Å². The second-order valence-corrected chi connectivity index (χ2v) is 15.1. The summed E-state index contributed by atoms with van der Waals surface area (Å²) in [6.45, 7) is 7.13. The first kappa shape index (κ1) is 49.4. The lowest BCUT2D eigenvalue weighted by Gasteiger charge is -2.27. The Kier molecular flexibility index (Phi) is 29.8. The molecule has 0 amide bonds. The molecule has 0 saturated heterocycles. The minimum Gasteiger partial charge on any atom is -0.493 e. The molecule has 1 rings (SSSR count). The van der Waals surface area contributed by atoms with Crippen molar-refractivity contribution in [2.45, 2.75) is 161 Å². The number of carbonyl (C=O) groups excluding carboxylic acids is 2. The maximum Gasteiger partial charge on any atom is 0.330 e. The number of unbranched alkanes of at least 4 members (excludes halogenated alkanes) is 14. The largest absolute Gasteiger partial charge is 0.493 e. The van der Waals surface area contributed by atoms with Gasteiger partial charge in [-0.2, -0.15) is 0 Å². The van der Waals surface area contributed by atoms with Gasteiger partial charge >= 0.3 is 11.9 Å². The van der Waals surface area contributed by atoms with Crippen LogP contribution < -0.4 is 14.2 Å². The first-order valence-electron chi connectivity index (χ1n) is 21.2. The van der Waals surface area contributed by atoms with Gasteiger partial charge in [-0.15, -0.1) is 0 Å². The Morgan fingerprint density at radius 1 is 0.685 bits per heavy atom. The summed E-state index contributed by atoms with van der Waals surface area (Å²) in [5.41, 5.74) is 0.625. The van der Waals surface area contributed by atoms with Gasteiger partial charge < -0.3 is 34.1 Å². The average molecular weight is 763 g/mol. The van der Waals surface area contributed by atoms with E-state index in [4.69, 9.17) is 18.9 Å². The second-order valence-electron chi connectivity index (χ2n) is 15.1. The number of benzene rings is 1. The molecule has 0 bridgehead atoms. The standard InChI is InChI=1S/C44H78N2O8/c1-7-9-11-13-15-17-19-21-25-38(47)35-46(36-39(48)26-22-20-18-16-14-12-10-8-2)31-23-27-43(50)54-44-40(51-5)33-37(34-41(44)52-6)28-29-42(49)53-32-24-30-45(3)4/h28-29,33-34,38-39,47-48H,7-27,30-32,35-36H2,1-6H3/b29-28+. The molecule has 1 aromatic carbocycles. The van der Waals surface area contributed by atoms with Gasteiger partial charge in [-0.1, -0.05) is 117 Å². The van der Waals surface area contributed by atoms with Crippen molar-refractivity contribution < 1.29 is 38.7 Å². The van der Waals surface area contributed by atoms with E-state index in [-0.39, 0.29) is 12.2 Å². The molecular weight excluding hydrogens is 684 g/mol. The van der Waals surface area contributed by atoms with Crippen molar-refractivity contribution in [3.05, 3.63) is 23.8 Å². The first-order chi connectivity index (χ1) is 26.1. The lowest BCUT2D eigenvalue weighted by atomic mass is 10.0. The van der Waals surface area contributed by atoms with Crippen LogP contribution >= 0.6 is 0 Å². The van der Waals surface area contributed by atoms with E-state index in [1.807, 2.05) is 19.0 Å². The van der Waals surface area contributed by atoms with E-state index in [1.54, 1.807) is 18.2 Å². The van der Waals surface area contributed by atoms with Gasteiger partial charge in [0.05, 0.1) is 33.0 Å². The number of hydrogen-bond acceptors (Lipinski definition) is 10. The molecule has 54 heavy (non-hydrogen) atoms. The summed E-state index contributed by atoms with van der Waals surface area (Å²) in [6, 6.07) is 3.34. The summed E-state index contributed by atoms with van der Waals surface area (Å²) in [5.74, 6) is -0.104. The molecular formula is C44H78N2O8. The third kappa shape index (κ3) is 25.4. The van der Waals surface area contributed by atoms with Crippen LogP contribution in [0.1, 0.15) is 154 Å². The molecule has 2 atom stereocenters. The molecule has 0 aliphatic rings. The molecule has 2 N–H and O–H groups in total. The summed E-state index contributed by atoms with van der Waals surface area (Å²) in [7, 11) is 6.90. The molecule has 0 fully saturated rings. The predicted octanol–water partition coefficient (Wildman–Crippen LogP) is 8.98. The highest BCUT2D eigenvalue weighted by atomic mass is 16.6. The molecule has 0 radical (unpaired) electrons. The van der Waals surface area contributed by atoms with Crippen LogP contribution in [0.15, 0.2) is 18.2 Å². The third-order valence-corrected chi connectivity index (χ3v) is 9.68. The van der Waals surface area contributed by atoms with Gasteiger partial charge in [-0.3, -0.25) is 9.69 Å². The number of aliphatic hydroxyl groups excluding tert-OH is 2. The van der Waals surface area contributed by atoms with E-state index in [0.717, 1.165) is 51.5 Å². The van der Waals surface area contributed by atoms with Gasteiger partial charge in [-0.25, -0.2) is 4.79 Å². The zero-order chi connectivity index (χ0) is 39.8. The van der Waals surface area contributed by atoms with Gasteiger partial charge in [0.1, 0.15) is 0 Å². The van der Waals surface area contributed by atoms with Crippen LogP contribution in [-0.4, -0.2) is 105 Å². The fourth-order valence-corrected chi connectivity index (χ4v) is 6.54. The second kappa shape index (κ2) is 32.6. The van der Waals surface area contributed by atoms with Crippen LogP contribution in [0, 0.1) is 0 Å². The van der Waals surface area contributed by atoms with Crippen molar-refractivity contribution in [2.24, 2.45) is 0 Å². The topological polar surface area (TPSA) is 118 Å². The molecule has 0 aliphatic heterocycles. The van der Waals surface area contributed by atoms with Crippen molar-refractivity contribution in [3.63, 3.8) is 0 Å². The van der Waals surface area contributed by atoms with Gasteiger partial charge in [0.2, 0.25) is 5.75 Å². The van der Waals surface area contributed by atoms with Crippen molar-refractivity contribution in [3.8, 4) is 17.2 Å². The normalized spacial score (nSPS) is 12.8. The highest BCUT2D eigenvalue weighted by Crippen LogP contribution is 2.39. The van der Waals surface area contributed by atoms with E-state index in [0.29, 0.717) is 49.7 Å². The molecule has 10 heteroatoms. The highest BCUT2D eigenvalue weighted by Gasteiger charge is 2.20. The summed E-state index contributed by atoms with van der Waals surface area (Å²) in [4.78, 5) is 29.4. The fourth-order valence-electron chi connectivity index (χ4n) is 6.54. The minimum atomic E-state index is -0.474. The van der Waals surface area contributed by atoms with E-state index < -0.39 is 24.1 Å². The zero-order valence-corrected chi connectivity index (χ0v) is 35.1. The zero-order valence-electron chi connectivity index (χ0n) is 35.1. The predicted molar refractivity (Wildman–Crippen MR) is 220 cm³/mol. The minimum absolute atomic E-state index is 0.145. The van der Waals surface area contributed by atoms with Crippen molar-refractivity contribution >= 4 is 18.0 Å². The molecule has 1 aromatic rings. The lowest BCUT2D eigenvalue weighted by molar-refractivity contribution is -0.138. The maximum absolute atomic E-state index is 13.1. The lowest BCUT2D eigenvalue weighted by Crippen LogP contribution is -2.39. The fraction of sp³-hybridized carbons (Fsp3) is 0.773. The number of rotatable bonds is 35. The van der Waals surface area contributed by atoms with Crippen LogP contribution in [0.4, 0.5) is 0 Å². The molecule has 0 aliphatic carbocycles. The third-order valence-electron chi connectivity index (χ3n) is 9.68. The smallest absolute Gasteiger partial charge is 0.330 e. The highest BCUT2D eigenvalue weighted by molar-refractivity contribution is 5.87. The Labute approximate surface area is 328 Å². The van der Waals surface area contributed by atoms with Gasteiger partial charge in [0.15, 0.2) is 11.5 Å². The summed E-state index contributed by atoms with van der Waals surface area (Å²) in [6.07, 6.45) is 24.4. The van der Waals surface area contributed by atoms with Gasteiger partial charge in [0.25, 0.3) is 0 Å². The Bertz CT molecular complexity index is 1070. The number of methoxy groups -OCH3 is 2. The van der Waals surface area contributed by atoms with E-state index in [9.17, 15) is 19.8 Å². The van der Waals surface area contributed by atoms with Crippen molar-refractivity contribution in [1.29, 1.82) is 0 Å². The SMILES string of the molecule is CCCCCCCCCCC(O)CN(CCCC(=O)Oc1c(OC)cc(/C=C/C(=O)OCCCN(C)C)cc1OC)CC(O)CCCCCCCCCC. The summed E-state index contributed by atoms with van der Waals surface area (Å²) >= 11 is 0. The average Bonchev–Trinajstić information content (AvgIpc) is 3.14. The van der Waals surface area contributed by atoms with Crippen molar-refractivity contribution in [2.75, 3.05) is 61.1 Å². The molecule has 2 unspecified atom stereocenters. The van der Waals surface area contributed by atoms with Crippen molar-refractivity contribution in [1.82, 2.24) is 9.80 Å². The first-order valence-corrected chi connectivity index (χ1v) is 21.2. The van der Waals surface area contributed by atoms with Crippen LogP contribution in [-0.2, 0) is 14.3 Å². The van der Waals surface area contributed by atoms with Crippen LogP contribution in [0.25, 0.3) is 6.08 Å². The number of esters is 2. The number of hydrogen-bond donors (Lipinski definition) is 2. The Morgan fingerprint density at radius 2 is 1.17 bits per heavy atom. The molecule has 0 heterocycles. The molecule has 10 nitrogen and oxygen atoms in total. The molecule has 312 valence electrons. The Balaban J connectivity index is 2.74. The van der Waals surface area contributed by atoms with Crippen LogP contribution in [0.2, 0.25) is 0 Å². The molecule has 0 spiro atoms. The number of nitrogens with zero attached hydrogens (tertiary/aromatic N) is 2. The molecule has 0 aromatic heterocycles. The van der Waals surface area contributed by atoms with Gasteiger partial charge in [0, 0.05) is 32.1 Å². The number of carbonyl (C=O) groups is 2. The Morgan fingerprint density at radius 3 is 1.63 bits per heavy atom. The van der Waals surface area contributed by atoms with Crippen LogP contribution in [0.3, 0.4) is 0 Å². The maximum atomic E-state index is 13.1. The Hall–Kier alpha value is -2.66. The van der Waals surface area contributed by atoms with E-state index in [1.165, 1.54) is 97.3 Å². The number of ether oxygens (including phenoxy) is 4. The summed E-state index contributed by atoms with van der Waals surface area (Å²) < 4.78 is 22.1.